The molecule has 3 aromatic carbocycles. The number of alkyl halides is 3. The van der Waals surface area contributed by atoms with Crippen molar-refractivity contribution >= 4 is 28.9 Å². The smallest absolute Gasteiger partial charge is 0.416 e. The number of aliphatic hydroxyl groups is 1. The van der Waals surface area contributed by atoms with Crippen LogP contribution >= 0.6 is 0 Å². The van der Waals surface area contributed by atoms with Crippen molar-refractivity contribution in [1.29, 1.82) is 0 Å². The number of fused-ring (bicyclic) bond motifs is 5. The number of nitrogens with one attached hydrogen (secondary N) is 2. The fraction of sp³-hybridized carbons (Fsp3) is 0.380. The standard InChI is InChI=1S/C50H48F4N8O10/c1-5-49(70)33-16-37-43-30(20-61(37)45(66)31(33)21-71-46(49)67)42-35(9-8-27-24(4)34(51)17-36(56-43)41(27)42)55-40(65)22-72-48(69)60-12-10-59(11-13-60)19-25-6-7-26(14-32(25)50(52,53)54)62-44(57-58-47(62)68)29-15-28(23(2)3)38(63)18-39(29)64/h6-7,14-18,23,35,63-64,70H,5,8-13,19-22H2,1-4H3,(H,55,65)(H,58,68)/t35-,49-/m0/s1. The summed E-state index contributed by atoms with van der Waals surface area (Å²) < 4.78 is 72.5. The molecule has 1 saturated heterocycles. The van der Waals surface area contributed by atoms with Crippen molar-refractivity contribution in [3.8, 4) is 40.0 Å². The number of aromatic hydroxyl groups is 2. The van der Waals surface area contributed by atoms with Gasteiger partial charge in [-0.25, -0.2) is 33.4 Å². The van der Waals surface area contributed by atoms with Gasteiger partial charge in [0.2, 0.25) is 0 Å². The maximum absolute atomic E-state index is 15.4. The van der Waals surface area contributed by atoms with E-state index in [1.54, 1.807) is 38.7 Å². The maximum Gasteiger partial charge on any atom is 0.416 e. The monoisotopic (exact) mass is 996 g/mol. The number of phenolic OH excluding ortho intramolecular Hbond substituents is 2. The van der Waals surface area contributed by atoms with Crippen LogP contribution in [0.3, 0.4) is 0 Å². The number of benzene rings is 3. The van der Waals surface area contributed by atoms with Crippen molar-refractivity contribution in [1.82, 2.24) is 39.4 Å². The van der Waals surface area contributed by atoms with Crippen LogP contribution in [0.25, 0.3) is 39.4 Å². The van der Waals surface area contributed by atoms with Crippen LogP contribution in [-0.2, 0) is 57.0 Å². The van der Waals surface area contributed by atoms with Gasteiger partial charge in [-0.3, -0.25) is 14.5 Å². The average Bonchev–Trinajstić information content (AvgIpc) is 3.91. The molecule has 3 aliphatic heterocycles. The minimum absolute atomic E-state index is 0.0168. The molecule has 0 radical (unpaired) electrons. The van der Waals surface area contributed by atoms with Crippen molar-refractivity contribution < 1.29 is 56.7 Å². The van der Waals surface area contributed by atoms with Gasteiger partial charge in [0.1, 0.15) is 23.9 Å². The van der Waals surface area contributed by atoms with Crippen molar-refractivity contribution in [3.05, 3.63) is 119 Å². The largest absolute Gasteiger partial charge is 0.508 e. The molecule has 0 spiro atoms. The van der Waals surface area contributed by atoms with E-state index in [0.717, 1.165) is 16.7 Å². The van der Waals surface area contributed by atoms with E-state index in [2.05, 4.69) is 15.5 Å². The molecule has 0 unspecified atom stereocenters. The van der Waals surface area contributed by atoms with Crippen molar-refractivity contribution in [2.45, 2.75) is 90.4 Å². The fourth-order valence-electron chi connectivity index (χ4n) is 10.5. The number of rotatable bonds is 9. The van der Waals surface area contributed by atoms with E-state index in [-0.39, 0.29) is 103 Å². The number of H-pyrrole nitrogens is 1. The number of hydrogen-bond acceptors (Lipinski definition) is 13. The van der Waals surface area contributed by atoms with Crippen LogP contribution in [0.5, 0.6) is 11.5 Å². The molecule has 4 aliphatic rings. The summed E-state index contributed by atoms with van der Waals surface area (Å²) in [7, 11) is 0. The molecule has 6 heterocycles. The van der Waals surface area contributed by atoms with E-state index >= 15 is 4.39 Å². The molecule has 1 fully saturated rings. The molecule has 22 heteroatoms. The lowest BCUT2D eigenvalue weighted by Gasteiger charge is -2.34. The Kier molecular flexibility index (Phi) is 11.8. The van der Waals surface area contributed by atoms with E-state index in [4.69, 9.17) is 14.5 Å². The first-order chi connectivity index (χ1) is 34.2. The Balaban J connectivity index is 0.822. The number of amides is 2. The van der Waals surface area contributed by atoms with Crippen LogP contribution in [0.1, 0.15) is 95.6 Å². The van der Waals surface area contributed by atoms with Crippen LogP contribution in [-0.4, -0.2) is 100 Å². The lowest BCUT2D eigenvalue weighted by Crippen LogP contribution is -2.49. The van der Waals surface area contributed by atoms with E-state index in [9.17, 15) is 52.5 Å². The van der Waals surface area contributed by atoms with Gasteiger partial charge in [-0.05, 0) is 84.2 Å². The highest BCUT2D eigenvalue weighted by Gasteiger charge is 2.46. The van der Waals surface area contributed by atoms with Gasteiger partial charge in [0.05, 0.1) is 51.9 Å². The Morgan fingerprint density at radius 2 is 1.76 bits per heavy atom. The minimum atomic E-state index is -4.84. The topological polar surface area (TPSA) is 234 Å². The molecule has 6 aromatic rings. The summed E-state index contributed by atoms with van der Waals surface area (Å²) in [4.78, 5) is 74.5. The maximum atomic E-state index is 15.4. The summed E-state index contributed by atoms with van der Waals surface area (Å²) >= 11 is 0. The highest BCUT2D eigenvalue weighted by molar-refractivity contribution is 5.94. The number of aromatic nitrogens is 5. The number of nitrogens with zero attached hydrogens (tertiary/aromatic N) is 6. The lowest BCUT2D eigenvalue weighted by atomic mass is 9.81. The molecule has 0 bridgehead atoms. The normalized spacial score (nSPS) is 18.5. The van der Waals surface area contributed by atoms with E-state index in [1.165, 1.54) is 33.7 Å². The van der Waals surface area contributed by atoms with Gasteiger partial charge in [-0.1, -0.05) is 26.8 Å². The zero-order valence-electron chi connectivity index (χ0n) is 39.4. The highest BCUT2D eigenvalue weighted by atomic mass is 19.4. The molecule has 10 rings (SSSR count). The van der Waals surface area contributed by atoms with Crippen LogP contribution in [0.2, 0.25) is 0 Å². The van der Waals surface area contributed by atoms with Crippen LogP contribution in [0.4, 0.5) is 22.4 Å². The van der Waals surface area contributed by atoms with Gasteiger partial charge in [0.15, 0.2) is 18.0 Å². The van der Waals surface area contributed by atoms with Crippen LogP contribution in [0, 0.1) is 12.7 Å². The van der Waals surface area contributed by atoms with Gasteiger partial charge in [-0.2, -0.15) is 18.3 Å². The third-order valence-electron chi connectivity index (χ3n) is 14.4. The predicted molar refractivity (Wildman–Crippen MR) is 249 cm³/mol. The molecule has 2 atom stereocenters. The SMILES string of the molecule is CC[C@@]1(O)C(=O)OCc2c1cc1n(c2=O)Cc2c-1nc1cc(F)c(C)c3c1c2[C@@H](NC(=O)COC(=O)N1CCN(Cc2ccc(-n4c(-c5cc(C(C)C)c(O)cc5O)n[nH]c4=O)cc2C(F)(F)F)CC1)CC3. The summed E-state index contributed by atoms with van der Waals surface area (Å²) in [5.41, 5.74) is -0.754. The molecule has 3 aromatic heterocycles. The number of aromatic amines is 1. The van der Waals surface area contributed by atoms with Gasteiger partial charge in [0, 0.05) is 61.4 Å². The lowest BCUT2D eigenvalue weighted by molar-refractivity contribution is -0.172. The quantitative estimate of drug-likeness (QED) is 0.0867. The number of esters is 1. The zero-order chi connectivity index (χ0) is 51.3. The molecule has 18 nitrogen and oxygen atoms in total. The number of ether oxygens (including phenoxy) is 2. The van der Waals surface area contributed by atoms with Gasteiger partial charge in [0.25, 0.3) is 11.5 Å². The Morgan fingerprint density at radius 1 is 1.01 bits per heavy atom. The predicted octanol–water partition coefficient (Wildman–Crippen LogP) is 5.68. The summed E-state index contributed by atoms with van der Waals surface area (Å²) in [6.45, 7) is 6.14. The summed E-state index contributed by atoms with van der Waals surface area (Å²) in [6, 6.07) is 8.08. The number of halogens is 4. The minimum Gasteiger partial charge on any atom is -0.508 e. The average molecular weight is 997 g/mol. The molecular formula is C50H48F4N8O10. The fourth-order valence-corrected chi connectivity index (χ4v) is 10.5. The number of phenols is 2. The van der Waals surface area contributed by atoms with E-state index in [1.807, 2.05) is 0 Å². The van der Waals surface area contributed by atoms with Crippen LogP contribution in [0.15, 0.2) is 52.1 Å². The third kappa shape index (κ3) is 7.92. The van der Waals surface area contributed by atoms with E-state index < -0.39 is 70.8 Å². The number of pyridine rings is 2. The number of carbonyl (C=O) groups is 3. The van der Waals surface area contributed by atoms with E-state index in [0.29, 0.717) is 57.4 Å². The molecule has 0 saturated carbocycles. The number of hydrogen-bond donors (Lipinski definition) is 5. The second-order valence-electron chi connectivity index (χ2n) is 18.9. The molecule has 1 aliphatic carbocycles. The number of cyclic esters (lactones) is 1. The number of carbonyl (C=O) groups excluding carboxylic acids is 3. The second kappa shape index (κ2) is 17.6. The number of piperazine rings is 1. The molecule has 376 valence electrons. The molecule has 5 N–H and O–H groups in total. The number of aryl methyl sites for hydroxylation is 1. The third-order valence-corrected chi connectivity index (χ3v) is 14.4. The first-order valence-corrected chi connectivity index (χ1v) is 23.4. The molecular weight excluding hydrogens is 949 g/mol. The van der Waals surface area contributed by atoms with Crippen molar-refractivity contribution in [2.75, 3.05) is 32.8 Å². The zero-order valence-corrected chi connectivity index (χ0v) is 39.4. The Labute approximate surface area is 406 Å². The van der Waals surface area contributed by atoms with Gasteiger partial charge >= 0.3 is 23.9 Å². The van der Waals surface area contributed by atoms with Gasteiger partial charge < -0.3 is 39.6 Å². The Morgan fingerprint density at radius 3 is 2.47 bits per heavy atom. The van der Waals surface area contributed by atoms with Crippen molar-refractivity contribution in [3.63, 3.8) is 0 Å². The van der Waals surface area contributed by atoms with Crippen LogP contribution < -0.4 is 16.6 Å². The first-order valence-electron chi connectivity index (χ1n) is 23.4. The molecule has 2 amide bonds. The Hall–Kier alpha value is -7.59. The Bertz CT molecular complexity index is 3410. The summed E-state index contributed by atoms with van der Waals surface area (Å²) in [5.74, 6) is -3.01. The summed E-state index contributed by atoms with van der Waals surface area (Å²) in [5, 5.41) is 42.2. The second-order valence-corrected chi connectivity index (χ2v) is 18.9. The molecule has 72 heavy (non-hydrogen) atoms. The van der Waals surface area contributed by atoms with Gasteiger partial charge in [-0.15, -0.1) is 0 Å². The van der Waals surface area contributed by atoms with Crippen molar-refractivity contribution in [2.24, 2.45) is 0 Å². The first kappa shape index (κ1) is 48.1. The highest BCUT2D eigenvalue weighted by Crippen LogP contribution is 2.46. The summed E-state index contributed by atoms with van der Waals surface area (Å²) in [6.07, 6.45) is -5.01.